The minimum atomic E-state index is 0. The highest BCUT2D eigenvalue weighted by Gasteiger charge is 2.09. The van der Waals surface area contributed by atoms with E-state index in [2.05, 4.69) is 11.8 Å². The van der Waals surface area contributed by atoms with Crippen molar-refractivity contribution in [3.63, 3.8) is 0 Å². The lowest BCUT2D eigenvalue weighted by Crippen LogP contribution is -2.38. The van der Waals surface area contributed by atoms with E-state index in [-0.39, 0.29) is 12.4 Å². The van der Waals surface area contributed by atoms with Gasteiger partial charge in [0.15, 0.2) is 0 Å². The first-order valence-electron chi connectivity index (χ1n) is 8.62. The van der Waals surface area contributed by atoms with Crippen LogP contribution in [0, 0.1) is 0 Å². The molecule has 5 nitrogen and oxygen atoms in total. The molecule has 0 radical (unpaired) electrons. The average Bonchev–Trinajstić information content (AvgIpc) is 2.59. The number of ether oxygens (including phenoxy) is 4. The fourth-order valence-electron chi connectivity index (χ4n) is 2.33. The molecule has 1 aromatic rings. The molecule has 0 bridgehead atoms. The average molecular weight is 360 g/mol. The Morgan fingerprint density at radius 2 is 1.71 bits per heavy atom. The van der Waals surface area contributed by atoms with Crippen molar-refractivity contribution in [2.45, 2.75) is 19.8 Å². The Hall–Kier alpha value is -1.01. The van der Waals surface area contributed by atoms with Gasteiger partial charge in [0.05, 0.1) is 33.0 Å². The van der Waals surface area contributed by atoms with Crippen LogP contribution < -0.4 is 9.47 Å². The number of benzene rings is 1. The van der Waals surface area contributed by atoms with E-state index in [9.17, 15) is 0 Å². The Balaban J connectivity index is 0.00000288. The highest BCUT2D eigenvalue weighted by molar-refractivity contribution is 5.85. The number of halogens is 1. The van der Waals surface area contributed by atoms with Gasteiger partial charge in [-0.15, -0.1) is 12.4 Å². The predicted molar refractivity (Wildman–Crippen MR) is 97.7 cm³/mol. The van der Waals surface area contributed by atoms with Crippen LogP contribution in [0.2, 0.25) is 0 Å². The van der Waals surface area contributed by atoms with Crippen LogP contribution in [0.3, 0.4) is 0 Å². The van der Waals surface area contributed by atoms with E-state index < -0.39 is 0 Å². The molecule has 24 heavy (non-hydrogen) atoms. The molecule has 1 aromatic carbocycles. The lowest BCUT2D eigenvalue weighted by Gasteiger charge is -2.26. The Labute approximate surface area is 151 Å². The summed E-state index contributed by atoms with van der Waals surface area (Å²) in [5.41, 5.74) is 0. The van der Waals surface area contributed by atoms with Crippen LogP contribution in [0.15, 0.2) is 24.3 Å². The van der Waals surface area contributed by atoms with Gasteiger partial charge in [0.2, 0.25) is 0 Å². The first-order valence-corrected chi connectivity index (χ1v) is 8.62. The summed E-state index contributed by atoms with van der Waals surface area (Å²) in [6.07, 6.45) is 2.21. The first-order chi connectivity index (χ1) is 11.4. The van der Waals surface area contributed by atoms with Crippen molar-refractivity contribution in [1.29, 1.82) is 0 Å². The summed E-state index contributed by atoms with van der Waals surface area (Å²) < 4.78 is 22.3. The van der Waals surface area contributed by atoms with Crippen LogP contribution in [-0.4, -0.2) is 64.2 Å². The van der Waals surface area contributed by atoms with E-state index >= 15 is 0 Å². The monoisotopic (exact) mass is 359 g/mol. The third-order valence-corrected chi connectivity index (χ3v) is 3.72. The molecule has 0 saturated carbocycles. The van der Waals surface area contributed by atoms with E-state index in [1.54, 1.807) is 0 Å². The second-order valence-corrected chi connectivity index (χ2v) is 5.59. The van der Waals surface area contributed by atoms with Crippen molar-refractivity contribution in [3.8, 4) is 11.5 Å². The predicted octanol–water partition coefficient (Wildman–Crippen LogP) is 3.01. The first kappa shape index (κ1) is 21.0. The Bertz CT molecular complexity index is 427. The van der Waals surface area contributed by atoms with E-state index in [1.807, 2.05) is 24.3 Å². The maximum absolute atomic E-state index is 5.71. The number of rotatable bonds is 11. The summed E-state index contributed by atoms with van der Waals surface area (Å²) in [5.74, 6) is 1.69. The van der Waals surface area contributed by atoms with E-state index in [0.717, 1.165) is 70.4 Å². The second kappa shape index (κ2) is 13.3. The number of hydrogen-bond acceptors (Lipinski definition) is 5. The molecule has 1 aliphatic rings. The molecule has 2 rings (SSSR count). The molecule has 0 aliphatic carbocycles. The smallest absolute Gasteiger partial charge is 0.123 e. The Morgan fingerprint density at radius 1 is 1.00 bits per heavy atom. The van der Waals surface area contributed by atoms with Crippen molar-refractivity contribution in [3.05, 3.63) is 24.3 Å². The summed E-state index contributed by atoms with van der Waals surface area (Å²) in [5, 5.41) is 0. The summed E-state index contributed by atoms with van der Waals surface area (Å²) in [7, 11) is 0. The molecular weight excluding hydrogens is 330 g/mol. The van der Waals surface area contributed by atoms with Crippen LogP contribution in [0.1, 0.15) is 19.8 Å². The highest BCUT2D eigenvalue weighted by atomic mass is 35.5. The third-order valence-electron chi connectivity index (χ3n) is 3.72. The Kier molecular flexibility index (Phi) is 11.7. The van der Waals surface area contributed by atoms with Crippen molar-refractivity contribution >= 4 is 12.4 Å². The fourth-order valence-corrected chi connectivity index (χ4v) is 2.33. The quantitative estimate of drug-likeness (QED) is 0.568. The van der Waals surface area contributed by atoms with Gasteiger partial charge in [-0.05, 0) is 18.6 Å². The van der Waals surface area contributed by atoms with Crippen molar-refractivity contribution < 1.29 is 18.9 Å². The molecule has 1 fully saturated rings. The normalized spacial score (nSPS) is 14.9. The highest BCUT2D eigenvalue weighted by Crippen LogP contribution is 2.19. The molecule has 1 saturated heterocycles. The van der Waals surface area contributed by atoms with Gasteiger partial charge in [0.1, 0.15) is 18.1 Å². The van der Waals surface area contributed by atoms with Gasteiger partial charge in [-0.25, -0.2) is 0 Å². The van der Waals surface area contributed by atoms with Crippen LogP contribution in [0.5, 0.6) is 11.5 Å². The van der Waals surface area contributed by atoms with Gasteiger partial charge in [0.25, 0.3) is 0 Å². The maximum Gasteiger partial charge on any atom is 0.123 e. The zero-order valence-electron chi connectivity index (χ0n) is 14.6. The zero-order valence-corrected chi connectivity index (χ0v) is 15.4. The fraction of sp³-hybridized carbons (Fsp3) is 0.667. The second-order valence-electron chi connectivity index (χ2n) is 5.59. The Morgan fingerprint density at radius 3 is 2.42 bits per heavy atom. The van der Waals surface area contributed by atoms with Crippen molar-refractivity contribution in [2.75, 3.05) is 59.3 Å². The molecule has 0 spiro atoms. The number of morpholine rings is 1. The summed E-state index contributed by atoms with van der Waals surface area (Å²) in [4.78, 5) is 2.36. The van der Waals surface area contributed by atoms with Gasteiger partial charge in [-0.3, -0.25) is 4.90 Å². The lowest BCUT2D eigenvalue weighted by molar-refractivity contribution is 0.0170. The third kappa shape index (κ3) is 8.73. The molecule has 0 amide bonds. The summed E-state index contributed by atoms with van der Waals surface area (Å²) >= 11 is 0. The summed E-state index contributed by atoms with van der Waals surface area (Å²) in [6, 6.07) is 7.79. The molecule has 0 unspecified atom stereocenters. The van der Waals surface area contributed by atoms with E-state index in [4.69, 9.17) is 18.9 Å². The molecular formula is C18H30ClNO4. The lowest BCUT2D eigenvalue weighted by atomic mass is 10.3. The largest absolute Gasteiger partial charge is 0.493 e. The van der Waals surface area contributed by atoms with Gasteiger partial charge in [-0.1, -0.05) is 19.4 Å². The molecule has 0 atom stereocenters. The maximum atomic E-state index is 5.71. The molecule has 0 N–H and O–H groups in total. The molecule has 1 heterocycles. The SMILES string of the molecule is CCCCOc1cccc(OCCOCCN2CCOCC2)c1.Cl. The minimum absolute atomic E-state index is 0. The van der Waals surface area contributed by atoms with Crippen LogP contribution in [0.4, 0.5) is 0 Å². The number of unbranched alkanes of at least 4 members (excludes halogenated alkanes) is 1. The number of nitrogens with zero attached hydrogens (tertiary/aromatic N) is 1. The van der Waals surface area contributed by atoms with Crippen molar-refractivity contribution in [2.24, 2.45) is 0 Å². The van der Waals surface area contributed by atoms with Gasteiger partial charge in [-0.2, -0.15) is 0 Å². The van der Waals surface area contributed by atoms with E-state index in [0.29, 0.717) is 13.2 Å². The van der Waals surface area contributed by atoms with Gasteiger partial charge in [0, 0.05) is 25.7 Å². The van der Waals surface area contributed by atoms with E-state index in [1.165, 1.54) is 0 Å². The van der Waals surface area contributed by atoms with Gasteiger partial charge < -0.3 is 18.9 Å². The standard InChI is InChI=1S/C18H29NO4.ClH/c1-2-3-10-22-17-5-4-6-18(16-17)23-15-14-21-13-9-19-7-11-20-12-8-19;/h4-6,16H,2-3,7-15H2,1H3;1H. The zero-order chi connectivity index (χ0) is 16.2. The molecule has 1 aliphatic heterocycles. The van der Waals surface area contributed by atoms with Crippen LogP contribution in [-0.2, 0) is 9.47 Å². The van der Waals surface area contributed by atoms with Crippen LogP contribution >= 0.6 is 12.4 Å². The van der Waals surface area contributed by atoms with Crippen LogP contribution in [0.25, 0.3) is 0 Å². The molecule has 6 heteroatoms. The minimum Gasteiger partial charge on any atom is -0.493 e. The number of hydrogen-bond donors (Lipinski definition) is 0. The molecule has 138 valence electrons. The van der Waals surface area contributed by atoms with Crippen molar-refractivity contribution in [1.82, 2.24) is 4.90 Å². The van der Waals surface area contributed by atoms with Gasteiger partial charge >= 0.3 is 0 Å². The summed E-state index contributed by atoms with van der Waals surface area (Å²) in [6.45, 7) is 9.45. The topological polar surface area (TPSA) is 40.2 Å². The molecule has 0 aromatic heterocycles.